The number of benzene rings is 2. The summed E-state index contributed by atoms with van der Waals surface area (Å²) in [6.07, 6.45) is 0. The van der Waals surface area contributed by atoms with Crippen molar-refractivity contribution in [2.45, 2.75) is 26.8 Å². The number of carbonyl (C=O) groups is 2. The number of aryl methyl sites for hydroxylation is 2. The number of halogens is 1. The van der Waals surface area contributed by atoms with Gasteiger partial charge in [-0.15, -0.1) is 11.3 Å². The maximum atomic E-state index is 13.1. The number of hydrogen-bond donors (Lipinski definition) is 1. The second kappa shape index (κ2) is 8.76. The smallest absolute Gasteiger partial charge is 0.301 e. The van der Waals surface area contributed by atoms with Gasteiger partial charge >= 0.3 is 5.91 Å². The van der Waals surface area contributed by atoms with Gasteiger partial charge in [-0.1, -0.05) is 23.7 Å². The Hall–Kier alpha value is -3.16. The molecule has 0 bridgehead atoms. The van der Waals surface area contributed by atoms with Gasteiger partial charge in [0.1, 0.15) is 11.5 Å². The predicted octanol–water partition coefficient (Wildman–Crippen LogP) is 5.44. The summed E-state index contributed by atoms with van der Waals surface area (Å²) in [6.45, 7) is 6.15. The zero-order valence-corrected chi connectivity index (χ0v) is 19.3. The first-order valence-electron chi connectivity index (χ1n) is 10.1. The third kappa shape index (κ3) is 3.89. The fourth-order valence-corrected chi connectivity index (χ4v) is 4.64. The highest BCUT2D eigenvalue weighted by Crippen LogP contribution is 2.44. The number of ether oxygens (including phenoxy) is 1. The van der Waals surface area contributed by atoms with Crippen LogP contribution < -0.4 is 9.64 Å². The van der Waals surface area contributed by atoms with Crippen LogP contribution in [0.2, 0.25) is 5.02 Å². The minimum Gasteiger partial charge on any atom is -0.507 e. The molecule has 0 spiro atoms. The Morgan fingerprint density at radius 1 is 1.12 bits per heavy atom. The first kappa shape index (κ1) is 22.0. The summed E-state index contributed by atoms with van der Waals surface area (Å²) in [7, 11) is 0. The number of carbonyl (C=O) groups excluding carboxylic acids is 2. The van der Waals surface area contributed by atoms with Gasteiger partial charge in [-0.05, 0) is 62.7 Å². The molecule has 1 unspecified atom stereocenters. The number of aromatic nitrogens is 1. The Balaban J connectivity index is 1.89. The normalized spacial score (nSPS) is 17.8. The molecule has 1 aliphatic heterocycles. The van der Waals surface area contributed by atoms with Crippen molar-refractivity contribution in [3.8, 4) is 5.75 Å². The molecule has 3 aromatic rings. The van der Waals surface area contributed by atoms with E-state index in [9.17, 15) is 14.7 Å². The van der Waals surface area contributed by atoms with Crippen molar-refractivity contribution in [1.82, 2.24) is 4.98 Å². The van der Waals surface area contributed by atoms with Crippen LogP contribution in [0.3, 0.4) is 0 Å². The number of ketones is 1. The molecule has 1 atom stereocenters. The summed E-state index contributed by atoms with van der Waals surface area (Å²) in [5.74, 6) is -1.10. The highest BCUT2D eigenvalue weighted by atomic mass is 35.5. The lowest BCUT2D eigenvalue weighted by Gasteiger charge is -2.23. The van der Waals surface area contributed by atoms with Crippen molar-refractivity contribution in [3.63, 3.8) is 0 Å². The van der Waals surface area contributed by atoms with Crippen LogP contribution in [0.4, 0.5) is 5.13 Å². The van der Waals surface area contributed by atoms with Crippen molar-refractivity contribution >= 4 is 45.5 Å². The number of aliphatic hydroxyl groups excluding tert-OH is 1. The largest absolute Gasteiger partial charge is 0.507 e. The number of amides is 1. The number of thiazole rings is 1. The number of nitrogens with zero attached hydrogens (tertiary/aromatic N) is 2. The fourth-order valence-electron chi connectivity index (χ4n) is 3.58. The molecule has 1 N–H and O–H groups in total. The molecule has 0 saturated carbocycles. The number of anilines is 1. The molecule has 4 rings (SSSR count). The molecule has 1 aliphatic rings. The molecular weight excluding hydrogens is 448 g/mol. The number of Topliss-reactive ketones (excluding diaryl/α,β-unsaturated/α-hetero) is 1. The lowest BCUT2D eigenvalue weighted by atomic mass is 9.95. The van der Waals surface area contributed by atoms with E-state index >= 15 is 0 Å². The van der Waals surface area contributed by atoms with E-state index in [4.69, 9.17) is 16.3 Å². The van der Waals surface area contributed by atoms with Crippen LogP contribution in [-0.4, -0.2) is 28.4 Å². The Labute approximate surface area is 194 Å². The molecule has 6 nitrogen and oxygen atoms in total. The van der Waals surface area contributed by atoms with Crippen LogP contribution >= 0.6 is 22.9 Å². The molecule has 0 aliphatic carbocycles. The minimum atomic E-state index is -0.830. The maximum Gasteiger partial charge on any atom is 0.301 e. The number of hydrogen-bond acceptors (Lipinski definition) is 6. The van der Waals surface area contributed by atoms with Crippen LogP contribution in [0.5, 0.6) is 5.75 Å². The molecule has 0 radical (unpaired) electrons. The summed E-state index contributed by atoms with van der Waals surface area (Å²) in [6, 6.07) is 12.8. The molecule has 1 amide bonds. The standard InChI is InChI=1S/C24H21ClN2O4S/c1-4-31-18-11-7-16(8-12-18)21(28)19-20(15-5-9-17(25)10-6-15)27(23(30)22(19)29)24-26-13(2)14(3)32-24/h5-12,20,28H,4H2,1-3H3/b21-19+. The average Bonchev–Trinajstić information content (AvgIpc) is 3.24. The van der Waals surface area contributed by atoms with Crippen LogP contribution in [-0.2, 0) is 9.59 Å². The quantitative estimate of drug-likeness (QED) is 0.306. The second-order valence-electron chi connectivity index (χ2n) is 7.32. The van der Waals surface area contributed by atoms with Crippen LogP contribution in [0.15, 0.2) is 54.1 Å². The van der Waals surface area contributed by atoms with E-state index in [1.165, 1.54) is 16.2 Å². The van der Waals surface area contributed by atoms with Gasteiger partial charge in [0.25, 0.3) is 5.78 Å². The van der Waals surface area contributed by atoms with E-state index in [-0.39, 0.29) is 11.3 Å². The molecule has 32 heavy (non-hydrogen) atoms. The van der Waals surface area contributed by atoms with Gasteiger partial charge in [-0.25, -0.2) is 4.98 Å². The van der Waals surface area contributed by atoms with Crippen molar-refractivity contribution in [3.05, 3.63) is 80.8 Å². The van der Waals surface area contributed by atoms with Crippen LogP contribution in [0, 0.1) is 13.8 Å². The lowest BCUT2D eigenvalue weighted by molar-refractivity contribution is -0.132. The Morgan fingerprint density at radius 2 is 1.78 bits per heavy atom. The minimum absolute atomic E-state index is 0.00647. The summed E-state index contributed by atoms with van der Waals surface area (Å²) in [5, 5.41) is 12.1. The summed E-state index contributed by atoms with van der Waals surface area (Å²) in [5.41, 5.74) is 1.85. The fraction of sp³-hybridized carbons (Fsp3) is 0.208. The Bertz CT molecular complexity index is 1200. The van der Waals surface area contributed by atoms with Crippen molar-refractivity contribution < 1.29 is 19.4 Å². The first-order valence-corrected chi connectivity index (χ1v) is 11.2. The highest BCUT2D eigenvalue weighted by molar-refractivity contribution is 7.16. The van der Waals surface area contributed by atoms with Gasteiger partial charge in [0.05, 0.1) is 23.9 Å². The zero-order chi connectivity index (χ0) is 23.0. The highest BCUT2D eigenvalue weighted by Gasteiger charge is 2.48. The summed E-state index contributed by atoms with van der Waals surface area (Å²) >= 11 is 7.39. The van der Waals surface area contributed by atoms with E-state index in [1.54, 1.807) is 48.5 Å². The molecule has 1 saturated heterocycles. The molecule has 8 heteroatoms. The topological polar surface area (TPSA) is 79.7 Å². The van der Waals surface area contributed by atoms with Gasteiger partial charge in [0.15, 0.2) is 5.13 Å². The number of rotatable bonds is 5. The van der Waals surface area contributed by atoms with Crippen molar-refractivity contribution in [2.75, 3.05) is 11.5 Å². The SMILES string of the molecule is CCOc1ccc(/C(O)=C2\C(=O)C(=O)N(c3nc(C)c(C)s3)C2c2ccc(Cl)cc2)cc1. The van der Waals surface area contributed by atoms with Crippen LogP contribution in [0.1, 0.15) is 34.7 Å². The predicted molar refractivity (Wildman–Crippen MR) is 125 cm³/mol. The zero-order valence-electron chi connectivity index (χ0n) is 17.8. The summed E-state index contributed by atoms with van der Waals surface area (Å²) < 4.78 is 5.45. The van der Waals surface area contributed by atoms with Crippen molar-refractivity contribution in [1.29, 1.82) is 0 Å². The van der Waals surface area contributed by atoms with Gasteiger partial charge in [-0.3, -0.25) is 14.5 Å². The maximum absolute atomic E-state index is 13.1. The van der Waals surface area contributed by atoms with Crippen LogP contribution in [0.25, 0.3) is 5.76 Å². The van der Waals surface area contributed by atoms with Gasteiger partial charge in [0, 0.05) is 15.5 Å². The van der Waals surface area contributed by atoms with E-state index < -0.39 is 17.7 Å². The van der Waals surface area contributed by atoms with E-state index in [0.717, 1.165) is 10.6 Å². The molecule has 164 valence electrons. The van der Waals surface area contributed by atoms with E-state index in [0.29, 0.717) is 33.6 Å². The third-order valence-electron chi connectivity index (χ3n) is 5.29. The Morgan fingerprint density at radius 3 is 2.34 bits per heavy atom. The summed E-state index contributed by atoms with van der Waals surface area (Å²) in [4.78, 5) is 33.0. The third-order valence-corrected chi connectivity index (χ3v) is 6.62. The molecule has 2 aromatic carbocycles. The molecular formula is C24H21ClN2O4S. The molecule has 1 aromatic heterocycles. The number of aliphatic hydroxyl groups is 1. The second-order valence-corrected chi connectivity index (χ2v) is 8.93. The van der Waals surface area contributed by atoms with E-state index in [1.807, 2.05) is 20.8 Å². The van der Waals surface area contributed by atoms with Gasteiger partial charge in [0.2, 0.25) is 0 Å². The molecule has 1 fully saturated rings. The van der Waals surface area contributed by atoms with Gasteiger partial charge < -0.3 is 9.84 Å². The first-order chi connectivity index (χ1) is 15.3. The average molecular weight is 469 g/mol. The van der Waals surface area contributed by atoms with Gasteiger partial charge in [-0.2, -0.15) is 0 Å². The lowest BCUT2D eigenvalue weighted by Crippen LogP contribution is -2.29. The Kier molecular flexibility index (Phi) is 6.04. The van der Waals surface area contributed by atoms with E-state index in [2.05, 4.69) is 4.98 Å². The van der Waals surface area contributed by atoms with Crippen molar-refractivity contribution in [2.24, 2.45) is 0 Å². The molecule has 2 heterocycles. The monoisotopic (exact) mass is 468 g/mol.